The van der Waals surface area contributed by atoms with Crippen LogP contribution in [0.4, 0.5) is 14.5 Å². The minimum Gasteiger partial charge on any atom is -0.398 e. The zero-order chi connectivity index (χ0) is 24.0. The number of rotatable bonds is 4. The van der Waals surface area contributed by atoms with E-state index in [0.29, 0.717) is 32.2 Å². The summed E-state index contributed by atoms with van der Waals surface area (Å²) in [5.74, 6) is -1.40. The van der Waals surface area contributed by atoms with Gasteiger partial charge in [0.2, 0.25) is 0 Å². The summed E-state index contributed by atoms with van der Waals surface area (Å²) in [5.41, 5.74) is 8.53. The molecule has 2 N–H and O–H groups in total. The summed E-state index contributed by atoms with van der Waals surface area (Å²) in [6.45, 7) is -0.0810. The van der Waals surface area contributed by atoms with Gasteiger partial charge in [0.25, 0.3) is 5.56 Å². The van der Waals surface area contributed by atoms with Crippen molar-refractivity contribution in [3.63, 3.8) is 0 Å². The molecule has 2 aromatic heterocycles. The predicted octanol–water partition coefficient (Wildman–Crippen LogP) is 7.61. The van der Waals surface area contributed by atoms with E-state index in [-0.39, 0.29) is 17.7 Å². The molecule has 0 amide bonds. The number of nitrogens with zero attached hydrogens (tertiary/aromatic N) is 1. The molecule has 0 spiro atoms. The van der Waals surface area contributed by atoms with Crippen LogP contribution in [0.25, 0.3) is 32.5 Å². The fourth-order valence-electron chi connectivity index (χ4n) is 3.87. The number of hydrogen-bond acceptors (Lipinski definition) is 3. The maximum atomic E-state index is 14.5. The van der Waals surface area contributed by atoms with E-state index in [9.17, 15) is 13.6 Å². The molecule has 5 rings (SSSR count). The molecule has 3 aromatic carbocycles. The molecular formula is C26H16Cl2F2N2OS. The molecule has 0 radical (unpaired) electrons. The smallest absolute Gasteiger partial charge is 0.260 e. The van der Waals surface area contributed by atoms with Gasteiger partial charge in [-0.2, -0.15) is 0 Å². The summed E-state index contributed by atoms with van der Waals surface area (Å²) >= 11 is 14.0. The molecule has 0 bridgehead atoms. The van der Waals surface area contributed by atoms with Crippen LogP contribution in [0.5, 0.6) is 0 Å². The first-order valence-corrected chi connectivity index (χ1v) is 11.9. The Kier molecular flexibility index (Phi) is 5.90. The average molecular weight is 513 g/mol. The number of benzene rings is 3. The van der Waals surface area contributed by atoms with Gasteiger partial charge in [0.05, 0.1) is 38.2 Å². The lowest BCUT2D eigenvalue weighted by Gasteiger charge is -2.15. The molecule has 0 unspecified atom stereocenters. The van der Waals surface area contributed by atoms with Gasteiger partial charge in [0.1, 0.15) is 11.6 Å². The van der Waals surface area contributed by atoms with Crippen LogP contribution in [0.3, 0.4) is 0 Å². The Labute approximate surface area is 207 Å². The minimum atomic E-state index is -0.722. The average Bonchev–Trinajstić information content (AvgIpc) is 3.29. The van der Waals surface area contributed by atoms with E-state index in [2.05, 4.69) is 0 Å². The van der Waals surface area contributed by atoms with Crippen LogP contribution in [-0.2, 0) is 6.54 Å². The summed E-state index contributed by atoms with van der Waals surface area (Å²) in [6.07, 6.45) is 0. The number of nitrogens with two attached hydrogens (primary N) is 1. The predicted molar refractivity (Wildman–Crippen MR) is 137 cm³/mol. The normalized spacial score (nSPS) is 11.3. The number of anilines is 1. The van der Waals surface area contributed by atoms with Crippen LogP contribution in [-0.4, -0.2) is 4.57 Å². The molecule has 0 saturated heterocycles. The van der Waals surface area contributed by atoms with Gasteiger partial charge in [0.15, 0.2) is 0 Å². The first-order chi connectivity index (χ1) is 16.3. The third kappa shape index (κ3) is 4.09. The lowest BCUT2D eigenvalue weighted by Crippen LogP contribution is -2.23. The molecule has 0 aliphatic heterocycles. The standard InChI is InChI=1S/C26H16Cl2F2N2OS/c27-19-3-1-2-15-9-23(24-10-17(13-34-24)14-5-7-22(31)20(28)8-14)32(26(33)25(15)19)12-16-4-6-18(29)11-21(16)30/h1-11,13H,12,31H2. The Balaban J connectivity index is 1.70. The summed E-state index contributed by atoms with van der Waals surface area (Å²) in [5, 5.41) is 3.73. The molecule has 0 saturated carbocycles. The molecule has 34 heavy (non-hydrogen) atoms. The monoisotopic (exact) mass is 512 g/mol. The van der Waals surface area contributed by atoms with Gasteiger partial charge >= 0.3 is 0 Å². The van der Waals surface area contributed by atoms with Gasteiger partial charge in [0, 0.05) is 11.6 Å². The van der Waals surface area contributed by atoms with Crippen molar-refractivity contribution >= 4 is 51.0 Å². The molecule has 8 heteroatoms. The van der Waals surface area contributed by atoms with Crippen LogP contribution in [0, 0.1) is 11.6 Å². The highest BCUT2D eigenvalue weighted by Crippen LogP contribution is 2.36. The number of halogens is 4. The molecule has 170 valence electrons. The van der Waals surface area contributed by atoms with Crippen molar-refractivity contribution < 1.29 is 8.78 Å². The van der Waals surface area contributed by atoms with Gasteiger partial charge in [-0.1, -0.05) is 47.5 Å². The zero-order valence-corrected chi connectivity index (χ0v) is 19.8. The van der Waals surface area contributed by atoms with Crippen molar-refractivity contribution in [2.75, 3.05) is 5.73 Å². The van der Waals surface area contributed by atoms with Crippen LogP contribution < -0.4 is 11.3 Å². The second-order valence-electron chi connectivity index (χ2n) is 7.80. The molecule has 0 aliphatic rings. The first kappa shape index (κ1) is 22.6. The van der Waals surface area contributed by atoms with Gasteiger partial charge in [-0.25, -0.2) is 8.78 Å². The van der Waals surface area contributed by atoms with Crippen molar-refractivity contribution in [1.82, 2.24) is 4.57 Å². The lowest BCUT2D eigenvalue weighted by molar-refractivity contribution is 0.565. The van der Waals surface area contributed by atoms with Crippen molar-refractivity contribution in [2.45, 2.75) is 6.54 Å². The van der Waals surface area contributed by atoms with E-state index in [4.69, 9.17) is 28.9 Å². The zero-order valence-electron chi connectivity index (χ0n) is 17.5. The lowest BCUT2D eigenvalue weighted by atomic mass is 10.1. The van der Waals surface area contributed by atoms with Crippen LogP contribution in [0.1, 0.15) is 5.56 Å². The fraction of sp³-hybridized carbons (Fsp3) is 0.0385. The Morgan fingerprint density at radius 3 is 2.50 bits per heavy atom. The van der Waals surface area contributed by atoms with Crippen LogP contribution in [0.15, 0.2) is 76.9 Å². The third-order valence-corrected chi connectivity index (χ3v) is 7.21. The Morgan fingerprint density at radius 2 is 1.74 bits per heavy atom. The number of pyridine rings is 1. The summed E-state index contributed by atoms with van der Waals surface area (Å²) < 4.78 is 29.4. The summed E-state index contributed by atoms with van der Waals surface area (Å²) in [6, 6.07) is 17.7. The molecule has 0 aliphatic carbocycles. The summed E-state index contributed by atoms with van der Waals surface area (Å²) in [7, 11) is 0. The highest BCUT2D eigenvalue weighted by molar-refractivity contribution is 7.14. The number of fused-ring (bicyclic) bond motifs is 1. The van der Waals surface area contributed by atoms with Crippen molar-refractivity contribution in [3.8, 4) is 21.7 Å². The van der Waals surface area contributed by atoms with E-state index in [1.54, 1.807) is 24.3 Å². The molecule has 0 atom stereocenters. The SMILES string of the molecule is Nc1ccc(-c2csc(-c3cc4cccc(Cl)c4c(=O)n3Cc3ccc(F)cc3F)c2)cc1Cl. The largest absolute Gasteiger partial charge is 0.398 e. The number of nitrogen functional groups attached to an aromatic ring is 1. The van der Waals surface area contributed by atoms with Gasteiger partial charge in [-0.05, 0) is 58.3 Å². The topological polar surface area (TPSA) is 48.0 Å². The summed E-state index contributed by atoms with van der Waals surface area (Å²) in [4.78, 5) is 14.3. The van der Waals surface area contributed by atoms with E-state index >= 15 is 0 Å². The van der Waals surface area contributed by atoms with Crippen LogP contribution in [0.2, 0.25) is 10.0 Å². The highest BCUT2D eigenvalue weighted by Gasteiger charge is 2.17. The van der Waals surface area contributed by atoms with Crippen molar-refractivity contribution in [3.05, 3.63) is 110 Å². The number of hydrogen-bond donors (Lipinski definition) is 1. The Bertz CT molecular complexity index is 1630. The van der Waals surface area contributed by atoms with Crippen molar-refractivity contribution in [1.29, 1.82) is 0 Å². The molecule has 2 heterocycles. The van der Waals surface area contributed by atoms with E-state index in [0.717, 1.165) is 22.1 Å². The molecule has 0 fully saturated rings. The quantitative estimate of drug-likeness (QED) is 0.252. The second kappa shape index (κ2) is 8.87. The fourth-order valence-corrected chi connectivity index (χ4v) is 5.25. The van der Waals surface area contributed by atoms with E-state index < -0.39 is 11.6 Å². The van der Waals surface area contributed by atoms with E-state index in [1.807, 2.05) is 29.6 Å². The van der Waals surface area contributed by atoms with Gasteiger partial charge < -0.3 is 10.3 Å². The molecule has 3 nitrogen and oxygen atoms in total. The molecule has 5 aromatic rings. The first-order valence-electron chi connectivity index (χ1n) is 10.2. The molecular weight excluding hydrogens is 497 g/mol. The Morgan fingerprint density at radius 1 is 0.912 bits per heavy atom. The minimum absolute atomic E-state index is 0.0810. The third-order valence-electron chi connectivity index (χ3n) is 5.62. The van der Waals surface area contributed by atoms with Gasteiger partial charge in [-0.3, -0.25) is 4.79 Å². The highest BCUT2D eigenvalue weighted by atomic mass is 35.5. The van der Waals surface area contributed by atoms with Crippen molar-refractivity contribution in [2.24, 2.45) is 0 Å². The second-order valence-corrected chi connectivity index (χ2v) is 9.52. The number of aromatic nitrogens is 1. The number of thiophene rings is 1. The maximum Gasteiger partial charge on any atom is 0.260 e. The van der Waals surface area contributed by atoms with Crippen LogP contribution >= 0.6 is 34.5 Å². The Hall–Kier alpha value is -3.19. The van der Waals surface area contributed by atoms with Gasteiger partial charge in [-0.15, -0.1) is 11.3 Å². The maximum absolute atomic E-state index is 14.5. The van der Waals surface area contributed by atoms with E-state index in [1.165, 1.54) is 28.0 Å².